The minimum Gasteiger partial charge on any atom is -0.0844 e. The van der Waals surface area contributed by atoms with Crippen molar-refractivity contribution in [3.8, 4) is 0 Å². The van der Waals surface area contributed by atoms with E-state index in [4.69, 9.17) is 0 Å². The molecule has 0 aromatic heterocycles. The second-order valence-corrected chi connectivity index (χ2v) is 2.59. The first-order valence-corrected chi connectivity index (χ1v) is 4.13. The Morgan fingerprint density at radius 1 is 1.33 bits per heavy atom. The van der Waals surface area contributed by atoms with Crippen LogP contribution in [0.25, 0.3) is 0 Å². The quantitative estimate of drug-likeness (QED) is 0.408. The molecule has 0 spiro atoms. The molecule has 0 aromatic carbocycles. The monoisotopic (exact) mass is 140 g/mol. The molecule has 9 heavy (non-hydrogen) atoms. The fourth-order valence-electron chi connectivity index (χ4n) is 0.466. The molecule has 0 rings (SSSR count). The van der Waals surface area contributed by atoms with Gasteiger partial charge in [0.2, 0.25) is 0 Å². The molecule has 0 aliphatic heterocycles. The van der Waals surface area contributed by atoms with Gasteiger partial charge in [-0.15, -0.1) is 0 Å². The summed E-state index contributed by atoms with van der Waals surface area (Å²) in [5, 5.41) is 0. The van der Waals surface area contributed by atoms with Crippen LogP contribution in [0.5, 0.6) is 0 Å². The Morgan fingerprint density at radius 2 is 1.89 bits per heavy atom. The highest BCUT2D eigenvalue weighted by Crippen LogP contribution is 2.11. The number of allylic oxidation sites excluding steroid dienone is 3. The third-order valence-corrected chi connectivity index (χ3v) is 1.91. The van der Waals surface area contributed by atoms with Gasteiger partial charge in [-0.05, 0) is 32.2 Å². The fraction of sp³-hybridized carbons (Fsp3) is 0.375. The van der Waals surface area contributed by atoms with Gasteiger partial charge >= 0.3 is 0 Å². The Hall–Kier alpha value is -0.350. The summed E-state index contributed by atoms with van der Waals surface area (Å²) in [6.07, 6.45) is 5.82. The van der Waals surface area contributed by atoms with Gasteiger partial charge in [-0.3, -0.25) is 0 Å². The summed E-state index contributed by atoms with van der Waals surface area (Å²) >= 11 is 0. The molecule has 0 N–H and O–H groups in total. The molecule has 0 aromatic rings. The first-order valence-electron chi connectivity index (χ1n) is 2.98. The molecule has 0 unspecified atom stereocenters. The molecule has 0 fully saturated rings. The van der Waals surface area contributed by atoms with Gasteiger partial charge in [-0.2, -0.15) is 0 Å². The lowest BCUT2D eigenvalue weighted by Crippen LogP contribution is -1.73. The fourth-order valence-corrected chi connectivity index (χ4v) is 0.944. The van der Waals surface area contributed by atoms with E-state index in [1.54, 1.807) is 0 Å². The van der Waals surface area contributed by atoms with E-state index in [1.165, 1.54) is 11.1 Å². The maximum atomic E-state index is 3.71. The molecule has 0 saturated carbocycles. The summed E-state index contributed by atoms with van der Waals surface area (Å²) in [6, 6.07) is 0. The van der Waals surface area contributed by atoms with Crippen LogP contribution in [0.3, 0.4) is 0 Å². The van der Waals surface area contributed by atoms with Crippen LogP contribution in [0, 0.1) is 0 Å². The summed E-state index contributed by atoms with van der Waals surface area (Å²) in [4.78, 5) is 0. The Balaban J connectivity index is 4.19. The molecule has 0 aliphatic rings. The molecule has 0 aliphatic carbocycles. The summed E-state index contributed by atoms with van der Waals surface area (Å²) in [7, 11) is 1.09. The van der Waals surface area contributed by atoms with Gasteiger partial charge in [-0.25, -0.2) is 0 Å². The zero-order valence-corrected chi connectivity index (χ0v) is 7.20. The maximum Gasteiger partial charge on any atom is -0.0320 e. The van der Waals surface area contributed by atoms with Gasteiger partial charge in [0.05, 0.1) is 0 Å². The SMILES string of the molecule is C=P/C=C(C)\C(C)=C/C. The molecule has 50 valence electrons. The number of hydrogen-bond donors (Lipinski definition) is 0. The highest BCUT2D eigenvalue weighted by atomic mass is 31.1. The Labute approximate surface area is 59.1 Å². The summed E-state index contributed by atoms with van der Waals surface area (Å²) < 4.78 is 0. The van der Waals surface area contributed by atoms with Crippen molar-refractivity contribution in [2.75, 3.05) is 0 Å². The molecular weight excluding hydrogens is 127 g/mol. The van der Waals surface area contributed by atoms with Crippen molar-refractivity contribution in [2.24, 2.45) is 0 Å². The predicted molar refractivity (Wildman–Crippen MR) is 47.2 cm³/mol. The average Bonchev–Trinajstić information content (AvgIpc) is 1.87. The van der Waals surface area contributed by atoms with E-state index in [-0.39, 0.29) is 0 Å². The van der Waals surface area contributed by atoms with E-state index in [2.05, 4.69) is 32.0 Å². The molecule has 0 atom stereocenters. The Bertz CT molecular complexity index is 152. The van der Waals surface area contributed by atoms with Gasteiger partial charge in [0.15, 0.2) is 0 Å². The van der Waals surface area contributed by atoms with E-state index < -0.39 is 0 Å². The number of hydrogen-bond acceptors (Lipinski definition) is 0. The molecule has 0 bridgehead atoms. The highest BCUT2D eigenvalue weighted by molar-refractivity contribution is 7.40. The van der Waals surface area contributed by atoms with Gasteiger partial charge in [-0.1, -0.05) is 26.2 Å². The van der Waals surface area contributed by atoms with E-state index in [0.29, 0.717) is 0 Å². The second kappa shape index (κ2) is 4.52. The van der Waals surface area contributed by atoms with E-state index in [1.807, 2.05) is 6.92 Å². The van der Waals surface area contributed by atoms with Gasteiger partial charge < -0.3 is 0 Å². The summed E-state index contributed by atoms with van der Waals surface area (Å²) in [5.41, 5.74) is 2.67. The van der Waals surface area contributed by atoms with Crippen molar-refractivity contribution in [1.82, 2.24) is 0 Å². The summed E-state index contributed by atoms with van der Waals surface area (Å²) in [5.74, 6) is 2.11. The van der Waals surface area contributed by atoms with Crippen LogP contribution < -0.4 is 0 Å². The zero-order valence-electron chi connectivity index (χ0n) is 6.31. The molecule has 0 nitrogen and oxygen atoms in total. The minimum atomic E-state index is 1.09. The number of rotatable bonds is 2. The lowest BCUT2D eigenvalue weighted by molar-refractivity contribution is 1.34. The predicted octanol–water partition coefficient (Wildman–Crippen LogP) is 3.23. The summed E-state index contributed by atoms with van der Waals surface area (Å²) in [6.45, 7) is 6.26. The Kier molecular flexibility index (Phi) is 4.35. The molecule has 0 saturated heterocycles. The van der Waals surface area contributed by atoms with Crippen LogP contribution in [-0.2, 0) is 0 Å². The largest absolute Gasteiger partial charge is 0.0844 e. The van der Waals surface area contributed by atoms with Crippen molar-refractivity contribution in [1.29, 1.82) is 0 Å². The van der Waals surface area contributed by atoms with Crippen molar-refractivity contribution in [3.63, 3.8) is 0 Å². The molecular formula is C8H13P. The van der Waals surface area contributed by atoms with E-state index in [9.17, 15) is 0 Å². The molecule has 1 heteroatoms. The second-order valence-electron chi connectivity index (χ2n) is 1.97. The van der Waals surface area contributed by atoms with Gasteiger partial charge in [0, 0.05) is 0 Å². The van der Waals surface area contributed by atoms with Crippen molar-refractivity contribution in [2.45, 2.75) is 20.8 Å². The van der Waals surface area contributed by atoms with Gasteiger partial charge in [0.25, 0.3) is 0 Å². The van der Waals surface area contributed by atoms with E-state index >= 15 is 0 Å². The first-order chi connectivity index (χ1) is 4.22. The van der Waals surface area contributed by atoms with Crippen LogP contribution >= 0.6 is 8.20 Å². The normalized spacial score (nSPS) is 14.6. The Morgan fingerprint density at radius 3 is 2.22 bits per heavy atom. The maximum absolute atomic E-state index is 3.71. The standard InChI is InChI=1S/C8H13P/c1-5-7(2)8(3)6-9-4/h5-6H,4H2,1-3H3/b7-5-,8-6-. The molecule has 0 heterocycles. The topological polar surface area (TPSA) is 0 Å². The lowest BCUT2D eigenvalue weighted by atomic mass is 10.1. The van der Waals surface area contributed by atoms with Crippen LogP contribution in [-0.4, -0.2) is 6.30 Å². The lowest BCUT2D eigenvalue weighted by Gasteiger charge is -1.95. The van der Waals surface area contributed by atoms with Crippen molar-refractivity contribution >= 4 is 14.5 Å². The first kappa shape index (κ1) is 8.65. The van der Waals surface area contributed by atoms with Gasteiger partial charge in [0.1, 0.15) is 0 Å². The average molecular weight is 140 g/mol. The van der Waals surface area contributed by atoms with Crippen LogP contribution in [0.15, 0.2) is 23.0 Å². The van der Waals surface area contributed by atoms with Crippen LogP contribution in [0.1, 0.15) is 20.8 Å². The smallest absolute Gasteiger partial charge is 0.0320 e. The zero-order chi connectivity index (χ0) is 7.28. The molecule has 0 amide bonds. The van der Waals surface area contributed by atoms with Crippen molar-refractivity contribution < 1.29 is 0 Å². The third-order valence-electron chi connectivity index (χ3n) is 1.34. The minimum absolute atomic E-state index is 1.09. The molecule has 0 radical (unpaired) electrons. The highest BCUT2D eigenvalue weighted by Gasteiger charge is 1.86. The van der Waals surface area contributed by atoms with Crippen molar-refractivity contribution in [3.05, 3.63) is 23.0 Å². The van der Waals surface area contributed by atoms with E-state index in [0.717, 1.165) is 8.20 Å². The third kappa shape index (κ3) is 3.26. The van der Waals surface area contributed by atoms with Crippen LogP contribution in [0.2, 0.25) is 0 Å². The van der Waals surface area contributed by atoms with Crippen LogP contribution in [0.4, 0.5) is 0 Å².